The zero-order valence-corrected chi connectivity index (χ0v) is 13.9. The summed E-state index contributed by atoms with van der Waals surface area (Å²) in [6.07, 6.45) is 1.39. The first-order valence-electron chi connectivity index (χ1n) is 7.64. The summed E-state index contributed by atoms with van der Waals surface area (Å²) in [5.41, 5.74) is 1.64. The lowest BCUT2D eigenvalue weighted by Crippen LogP contribution is -2.27. The van der Waals surface area contributed by atoms with Gasteiger partial charge in [0.05, 0.1) is 0 Å². The van der Waals surface area contributed by atoms with E-state index in [1.165, 1.54) is 6.08 Å². The van der Waals surface area contributed by atoms with Crippen molar-refractivity contribution in [2.75, 3.05) is 6.61 Å². The molecule has 0 radical (unpaired) electrons. The van der Waals surface area contributed by atoms with E-state index in [1.54, 1.807) is 54.6 Å². The summed E-state index contributed by atoms with van der Waals surface area (Å²) in [6.45, 7) is 5.99. The molecule has 1 amide bonds. The van der Waals surface area contributed by atoms with Crippen LogP contribution >= 0.6 is 0 Å². The van der Waals surface area contributed by atoms with Crippen molar-refractivity contribution in [2.45, 2.75) is 6.92 Å². The van der Waals surface area contributed by atoms with Gasteiger partial charge in [0.1, 0.15) is 18.1 Å². The SMILES string of the molecule is C=C(C)COc1cccc(/C=C(/NC(=O)c2ccccc2)C(=O)O)c1. The van der Waals surface area contributed by atoms with Crippen LogP contribution in [0.1, 0.15) is 22.8 Å². The van der Waals surface area contributed by atoms with E-state index in [1.807, 2.05) is 6.92 Å². The van der Waals surface area contributed by atoms with Crippen LogP contribution < -0.4 is 10.1 Å². The molecule has 5 heteroatoms. The van der Waals surface area contributed by atoms with E-state index in [-0.39, 0.29) is 5.70 Å². The topological polar surface area (TPSA) is 75.6 Å². The van der Waals surface area contributed by atoms with E-state index in [0.29, 0.717) is 23.5 Å². The molecule has 2 aromatic carbocycles. The number of benzene rings is 2. The molecular weight excluding hydrogens is 318 g/mol. The smallest absolute Gasteiger partial charge is 0.352 e. The molecule has 0 saturated carbocycles. The summed E-state index contributed by atoms with van der Waals surface area (Å²) >= 11 is 0. The molecule has 0 unspecified atom stereocenters. The number of rotatable bonds is 7. The Morgan fingerprint density at radius 3 is 2.52 bits per heavy atom. The van der Waals surface area contributed by atoms with Crippen molar-refractivity contribution in [1.29, 1.82) is 0 Å². The third-order valence-corrected chi connectivity index (χ3v) is 3.17. The first-order valence-corrected chi connectivity index (χ1v) is 7.64. The van der Waals surface area contributed by atoms with Crippen molar-refractivity contribution in [3.05, 3.63) is 83.6 Å². The number of carbonyl (C=O) groups is 2. The average molecular weight is 337 g/mol. The summed E-state index contributed by atoms with van der Waals surface area (Å²) in [5.74, 6) is -1.11. The summed E-state index contributed by atoms with van der Waals surface area (Å²) < 4.78 is 5.54. The molecule has 25 heavy (non-hydrogen) atoms. The van der Waals surface area contributed by atoms with Crippen molar-refractivity contribution in [2.24, 2.45) is 0 Å². The van der Waals surface area contributed by atoms with Crippen LogP contribution in [-0.2, 0) is 4.79 Å². The number of ether oxygens (including phenoxy) is 1. The molecule has 0 heterocycles. The minimum atomic E-state index is -1.22. The summed E-state index contributed by atoms with van der Waals surface area (Å²) in [4.78, 5) is 23.6. The fraction of sp³-hybridized carbons (Fsp3) is 0.100. The van der Waals surface area contributed by atoms with Gasteiger partial charge in [-0.2, -0.15) is 0 Å². The summed E-state index contributed by atoms with van der Waals surface area (Å²) in [7, 11) is 0. The highest BCUT2D eigenvalue weighted by molar-refractivity contribution is 6.02. The number of carbonyl (C=O) groups excluding carboxylic acids is 1. The highest BCUT2D eigenvalue weighted by Gasteiger charge is 2.13. The largest absolute Gasteiger partial charge is 0.489 e. The van der Waals surface area contributed by atoms with Crippen LogP contribution in [0.15, 0.2) is 72.4 Å². The van der Waals surface area contributed by atoms with Crippen LogP contribution in [0, 0.1) is 0 Å². The molecule has 128 valence electrons. The van der Waals surface area contributed by atoms with E-state index < -0.39 is 11.9 Å². The van der Waals surface area contributed by atoms with Gasteiger partial charge in [-0.3, -0.25) is 4.79 Å². The molecular formula is C20H19NO4. The van der Waals surface area contributed by atoms with Crippen LogP contribution in [-0.4, -0.2) is 23.6 Å². The third kappa shape index (κ3) is 5.66. The highest BCUT2D eigenvalue weighted by atomic mass is 16.5. The molecule has 0 atom stereocenters. The van der Waals surface area contributed by atoms with Gasteiger partial charge in [-0.25, -0.2) is 4.79 Å². The maximum Gasteiger partial charge on any atom is 0.352 e. The number of aliphatic carboxylic acids is 1. The highest BCUT2D eigenvalue weighted by Crippen LogP contribution is 2.16. The minimum Gasteiger partial charge on any atom is -0.489 e. The predicted octanol–water partition coefficient (Wildman–Crippen LogP) is 3.50. The molecule has 0 aliphatic heterocycles. The molecule has 0 spiro atoms. The Labute approximate surface area is 146 Å². The van der Waals surface area contributed by atoms with E-state index >= 15 is 0 Å². The molecule has 5 nitrogen and oxygen atoms in total. The van der Waals surface area contributed by atoms with Gasteiger partial charge in [0.2, 0.25) is 0 Å². The fourth-order valence-corrected chi connectivity index (χ4v) is 2.00. The lowest BCUT2D eigenvalue weighted by molar-refractivity contribution is -0.132. The van der Waals surface area contributed by atoms with E-state index in [2.05, 4.69) is 11.9 Å². The maximum atomic E-state index is 12.1. The second-order valence-electron chi connectivity index (χ2n) is 5.50. The van der Waals surface area contributed by atoms with Crippen molar-refractivity contribution in [3.8, 4) is 5.75 Å². The Balaban J connectivity index is 2.19. The number of hydrogen-bond donors (Lipinski definition) is 2. The second kappa shape index (κ2) is 8.49. The molecule has 2 rings (SSSR count). The Morgan fingerprint density at radius 1 is 1.16 bits per heavy atom. The Bertz CT molecular complexity index is 809. The van der Waals surface area contributed by atoms with E-state index in [4.69, 9.17) is 4.74 Å². The van der Waals surface area contributed by atoms with Gasteiger partial charge in [0, 0.05) is 5.56 Å². The summed E-state index contributed by atoms with van der Waals surface area (Å²) in [6, 6.07) is 15.4. The number of carboxylic acids is 1. The average Bonchev–Trinajstić information content (AvgIpc) is 2.60. The minimum absolute atomic E-state index is 0.217. The molecule has 2 N–H and O–H groups in total. The first-order chi connectivity index (χ1) is 12.0. The predicted molar refractivity (Wildman–Crippen MR) is 96.3 cm³/mol. The maximum absolute atomic E-state index is 12.1. The first kappa shape index (κ1) is 18.0. The van der Waals surface area contributed by atoms with Crippen molar-refractivity contribution < 1.29 is 19.4 Å². The Hall–Kier alpha value is -3.34. The third-order valence-electron chi connectivity index (χ3n) is 3.17. The number of carboxylic acid groups (broad SMARTS) is 1. The molecule has 0 aromatic heterocycles. The number of hydrogen-bond acceptors (Lipinski definition) is 3. The lowest BCUT2D eigenvalue weighted by Gasteiger charge is -2.08. The van der Waals surface area contributed by atoms with E-state index in [0.717, 1.165) is 5.57 Å². The van der Waals surface area contributed by atoms with Crippen LogP contribution in [0.2, 0.25) is 0 Å². The van der Waals surface area contributed by atoms with Gasteiger partial charge in [0.25, 0.3) is 5.91 Å². The quantitative estimate of drug-likeness (QED) is 0.599. The lowest BCUT2D eigenvalue weighted by atomic mass is 10.1. The van der Waals surface area contributed by atoms with Crippen LogP contribution in [0.4, 0.5) is 0 Å². The molecule has 0 fully saturated rings. The Kier molecular flexibility index (Phi) is 6.12. The van der Waals surface area contributed by atoms with Gasteiger partial charge in [0.15, 0.2) is 0 Å². The van der Waals surface area contributed by atoms with Gasteiger partial charge < -0.3 is 15.2 Å². The van der Waals surface area contributed by atoms with Crippen LogP contribution in [0.3, 0.4) is 0 Å². The molecule has 0 bridgehead atoms. The van der Waals surface area contributed by atoms with Gasteiger partial charge in [-0.15, -0.1) is 0 Å². The zero-order valence-electron chi connectivity index (χ0n) is 13.9. The van der Waals surface area contributed by atoms with Gasteiger partial charge in [-0.1, -0.05) is 36.9 Å². The van der Waals surface area contributed by atoms with Crippen LogP contribution in [0.5, 0.6) is 5.75 Å². The monoisotopic (exact) mass is 337 g/mol. The van der Waals surface area contributed by atoms with Gasteiger partial charge in [-0.05, 0) is 48.4 Å². The van der Waals surface area contributed by atoms with Crippen LogP contribution in [0.25, 0.3) is 6.08 Å². The fourth-order valence-electron chi connectivity index (χ4n) is 2.00. The zero-order chi connectivity index (χ0) is 18.2. The van der Waals surface area contributed by atoms with E-state index in [9.17, 15) is 14.7 Å². The standard InChI is InChI=1S/C20H19NO4/c1-14(2)13-25-17-10-6-7-15(11-17)12-18(20(23)24)21-19(22)16-8-4-3-5-9-16/h3-12H,1,13H2,2H3,(H,21,22)(H,23,24)/b18-12+. The molecule has 0 saturated heterocycles. The second-order valence-corrected chi connectivity index (χ2v) is 5.50. The number of amides is 1. The van der Waals surface area contributed by atoms with Crippen molar-refractivity contribution in [3.63, 3.8) is 0 Å². The van der Waals surface area contributed by atoms with Crippen molar-refractivity contribution in [1.82, 2.24) is 5.32 Å². The molecule has 0 aliphatic rings. The normalized spacial score (nSPS) is 10.8. The molecule has 2 aromatic rings. The van der Waals surface area contributed by atoms with Gasteiger partial charge >= 0.3 is 5.97 Å². The van der Waals surface area contributed by atoms with Crippen molar-refractivity contribution >= 4 is 18.0 Å². The molecule has 0 aliphatic carbocycles. The summed E-state index contributed by atoms with van der Waals surface area (Å²) in [5, 5.41) is 11.8. The Morgan fingerprint density at radius 2 is 1.88 bits per heavy atom. The number of nitrogens with one attached hydrogen (secondary N) is 1.